The lowest BCUT2D eigenvalue weighted by atomic mass is 10.2. The molecule has 0 saturated heterocycles. The normalized spacial score (nSPS) is 10.9. The summed E-state index contributed by atoms with van der Waals surface area (Å²) in [6, 6.07) is 15.1. The first-order valence-corrected chi connectivity index (χ1v) is 9.32. The molecule has 0 atom stereocenters. The summed E-state index contributed by atoms with van der Waals surface area (Å²) in [6.07, 6.45) is 0.811. The van der Waals surface area contributed by atoms with Gasteiger partial charge in [-0.15, -0.1) is 0 Å². The van der Waals surface area contributed by atoms with Gasteiger partial charge in [-0.05, 0) is 37.6 Å². The summed E-state index contributed by atoms with van der Waals surface area (Å²) in [5.41, 5.74) is 2.10. The van der Waals surface area contributed by atoms with Crippen molar-refractivity contribution in [1.82, 2.24) is 9.88 Å². The number of carbonyl (C=O) groups is 1. The van der Waals surface area contributed by atoms with Gasteiger partial charge in [0.05, 0.1) is 5.52 Å². The molecule has 0 aliphatic heterocycles. The molecule has 0 unspecified atom stereocenters. The van der Waals surface area contributed by atoms with Crippen LogP contribution in [-0.4, -0.2) is 30.1 Å². The van der Waals surface area contributed by atoms with Crippen LogP contribution in [0.4, 0.5) is 5.69 Å². The zero-order valence-electron chi connectivity index (χ0n) is 15.2. The average molecular weight is 388 g/mol. The van der Waals surface area contributed by atoms with E-state index in [4.69, 9.17) is 16.0 Å². The Morgan fingerprint density at radius 3 is 2.74 bits per heavy atom. The van der Waals surface area contributed by atoms with Crippen LogP contribution >= 0.6 is 11.6 Å². The highest BCUT2D eigenvalue weighted by molar-refractivity contribution is 6.31. The van der Waals surface area contributed by atoms with Crippen molar-refractivity contribution in [2.75, 3.05) is 24.5 Å². The topological polar surface area (TPSA) is 67.5 Å². The summed E-state index contributed by atoms with van der Waals surface area (Å²) in [5.74, 6) is -0.791. The summed E-state index contributed by atoms with van der Waals surface area (Å²) < 4.78 is 6.45. The second-order valence-electron chi connectivity index (χ2n) is 6.18. The van der Waals surface area contributed by atoms with Crippen molar-refractivity contribution in [3.63, 3.8) is 0 Å². The molecule has 1 heterocycles. The summed E-state index contributed by atoms with van der Waals surface area (Å²) in [6.45, 7) is 4.31. The maximum Gasteiger partial charge on any atom is 0.420 e. The van der Waals surface area contributed by atoms with Gasteiger partial charge >= 0.3 is 5.76 Å². The first kappa shape index (κ1) is 19.0. The van der Waals surface area contributed by atoms with Gasteiger partial charge in [0.1, 0.15) is 6.54 Å². The highest BCUT2D eigenvalue weighted by atomic mass is 35.5. The number of para-hydroxylation sites is 1. The number of nitrogens with one attached hydrogen (secondary N) is 1. The molecule has 0 spiro atoms. The number of carbonyl (C=O) groups excluding carboxylic acids is 1. The van der Waals surface area contributed by atoms with Gasteiger partial charge in [-0.1, -0.05) is 29.8 Å². The van der Waals surface area contributed by atoms with E-state index in [-0.39, 0.29) is 12.5 Å². The van der Waals surface area contributed by atoms with E-state index in [1.165, 1.54) is 10.3 Å². The van der Waals surface area contributed by atoms with Crippen LogP contribution in [0.1, 0.15) is 13.3 Å². The maximum atomic E-state index is 12.2. The molecule has 3 aromatic rings. The van der Waals surface area contributed by atoms with Crippen molar-refractivity contribution in [1.29, 1.82) is 0 Å². The molecule has 7 heteroatoms. The number of halogens is 1. The van der Waals surface area contributed by atoms with Crippen LogP contribution < -0.4 is 16.0 Å². The highest BCUT2D eigenvalue weighted by Gasteiger charge is 2.13. The maximum absolute atomic E-state index is 12.2. The van der Waals surface area contributed by atoms with Gasteiger partial charge in [0.15, 0.2) is 5.58 Å². The molecule has 0 bridgehead atoms. The molecular formula is C20H22ClN3O3. The van der Waals surface area contributed by atoms with Crippen molar-refractivity contribution in [3.05, 3.63) is 64.1 Å². The number of rotatable bonds is 8. The second kappa shape index (κ2) is 8.77. The molecule has 6 nitrogen and oxygen atoms in total. The second-order valence-corrected chi connectivity index (χ2v) is 6.62. The summed E-state index contributed by atoms with van der Waals surface area (Å²) in [4.78, 5) is 26.4. The van der Waals surface area contributed by atoms with Gasteiger partial charge in [0.2, 0.25) is 5.91 Å². The van der Waals surface area contributed by atoms with Crippen LogP contribution in [-0.2, 0) is 11.3 Å². The first-order chi connectivity index (χ1) is 13.1. The van der Waals surface area contributed by atoms with Gasteiger partial charge in [0, 0.05) is 36.4 Å². The van der Waals surface area contributed by atoms with Gasteiger partial charge in [0.25, 0.3) is 0 Å². The Kier molecular flexibility index (Phi) is 6.19. The van der Waals surface area contributed by atoms with E-state index in [2.05, 4.69) is 29.3 Å². The lowest BCUT2D eigenvalue weighted by Crippen LogP contribution is -2.33. The molecule has 0 radical (unpaired) electrons. The molecule has 2 aromatic carbocycles. The number of hydrogen-bond acceptors (Lipinski definition) is 4. The molecule has 0 fully saturated rings. The first-order valence-electron chi connectivity index (χ1n) is 8.94. The fourth-order valence-electron chi connectivity index (χ4n) is 3.00. The number of oxazole rings is 1. The third-order valence-corrected chi connectivity index (χ3v) is 4.60. The van der Waals surface area contributed by atoms with E-state index in [1.807, 2.05) is 18.2 Å². The number of amides is 1. The molecule has 0 saturated carbocycles. The van der Waals surface area contributed by atoms with Crippen molar-refractivity contribution >= 4 is 34.3 Å². The predicted molar refractivity (Wildman–Crippen MR) is 107 cm³/mol. The predicted octanol–water partition coefficient (Wildman–Crippen LogP) is 3.28. The quantitative estimate of drug-likeness (QED) is 0.602. The van der Waals surface area contributed by atoms with Gasteiger partial charge in [-0.3, -0.25) is 9.36 Å². The molecule has 142 valence electrons. The van der Waals surface area contributed by atoms with E-state index >= 15 is 0 Å². The molecule has 3 rings (SSSR count). The van der Waals surface area contributed by atoms with E-state index in [1.54, 1.807) is 18.2 Å². The van der Waals surface area contributed by atoms with Crippen LogP contribution in [0.3, 0.4) is 0 Å². The lowest BCUT2D eigenvalue weighted by molar-refractivity contribution is -0.121. The smallest absolute Gasteiger partial charge is 0.408 e. The van der Waals surface area contributed by atoms with Gasteiger partial charge < -0.3 is 14.6 Å². The highest BCUT2D eigenvalue weighted by Crippen LogP contribution is 2.18. The fraction of sp³-hybridized carbons (Fsp3) is 0.300. The van der Waals surface area contributed by atoms with Crippen LogP contribution in [0, 0.1) is 0 Å². The van der Waals surface area contributed by atoms with E-state index < -0.39 is 5.76 Å². The standard InChI is InChI=1S/C20H22ClN3O3/c1-2-23(16-7-4-3-5-8-16)12-6-11-22-19(25)14-24-17-10-9-15(21)13-18(17)27-20(24)26/h3-5,7-10,13H,2,6,11-12,14H2,1H3,(H,22,25). The fourth-order valence-corrected chi connectivity index (χ4v) is 3.16. The number of hydrogen-bond donors (Lipinski definition) is 1. The van der Waals surface area contributed by atoms with Crippen LogP contribution in [0.15, 0.2) is 57.7 Å². The number of aromatic nitrogens is 1. The minimum atomic E-state index is -0.566. The number of nitrogens with zero attached hydrogens (tertiary/aromatic N) is 2. The minimum Gasteiger partial charge on any atom is -0.408 e. The monoisotopic (exact) mass is 387 g/mol. The summed E-state index contributed by atoms with van der Waals surface area (Å²) in [7, 11) is 0. The number of fused-ring (bicyclic) bond motifs is 1. The minimum absolute atomic E-state index is 0.0797. The Balaban J connectivity index is 1.52. The van der Waals surface area contributed by atoms with Crippen molar-refractivity contribution in [2.24, 2.45) is 0 Å². The van der Waals surface area contributed by atoms with Gasteiger partial charge in [-0.25, -0.2) is 4.79 Å². The molecule has 0 aliphatic carbocycles. The van der Waals surface area contributed by atoms with E-state index in [0.29, 0.717) is 22.7 Å². The molecule has 27 heavy (non-hydrogen) atoms. The number of anilines is 1. The third kappa shape index (κ3) is 4.71. The Labute approximate surface area is 162 Å². The summed E-state index contributed by atoms with van der Waals surface area (Å²) in [5, 5.41) is 3.34. The van der Waals surface area contributed by atoms with Gasteiger partial charge in [-0.2, -0.15) is 0 Å². The summed E-state index contributed by atoms with van der Waals surface area (Å²) >= 11 is 5.90. The molecule has 1 aromatic heterocycles. The lowest BCUT2D eigenvalue weighted by Gasteiger charge is -2.23. The van der Waals surface area contributed by atoms with E-state index in [9.17, 15) is 9.59 Å². The molecule has 0 aliphatic rings. The van der Waals surface area contributed by atoms with Crippen molar-refractivity contribution in [3.8, 4) is 0 Å². The Morgan fingerprint density at radius 2 is 2.00 bits per heavy atom. The van der Waals surface area contributed by atoms with Crippen LogP contribution in [0.25, 0.3) is 11.1 Å². The van der Waals surface area contributed by atoms with E-state index in [0.717, 1.165) is 19.5 Å². The van der Waals surface area contributed by atoms with Crippen LogP contribution in [0.2, 0.25) is 5.02 Å². The largest absolute Gasteiger partial charge is 0.420 e. The molecule has 1 amide bonds. The average Bonchev–Trinajstić information content (AvgIpc) is 2.97. The number of benzene rings is 2. The van der Waals surface area contributed by atoms with Crippen molar-refractivity contribution < 1.29 is 9.21 Å². The Morgan fingerprint density at radius 1 is 1.22 bits per heavy atom. The zero-order chi connectivity index (χ0) is 19.2. The third-order valence-electron chi connectivity index (χ3n) is 4.36. The zero-order valence-corrected chi connectivity index (χ0v) is 15.9. The molecule has 1 N–H and O–H groups in total. The molecular weight excluding hydrogens is 366 g/mol. The van der Waals surface area contributed by atoms with Crippen molar-refractivity contribution in [2.45, 2.75) is 19.9 Å². The van der Waals surface area contributed by atoms with Crippen LogP contribution in [0.5, 0.6) is 0 Å². The SMILES string of the molecule is CCN(CCCNC(=O)Cn1c(=O)oc2cc(Cl)ccc21)c1ccccc1. The Hall–Kier alpha value is -2.73. The Bertz CT molecular complexity index is 966.